The maximum absolute atomic E-state index is 11.2. The van der Waals surface area contributed by atoms with Gasteiger partial charge < -0.3 is 4.74 Å². The molecule has 4 saturated carbocycles. The predicted molar refractivity (Wildman–Crippen MR) is 61.7 cm³/mol. The Kier molecular flexibility index (Phi) is 2.17. The fourth-order valence-electron chi connectivity index (χ4n) is 4.40. The molecule has 2 nitrogen and oxygen atoms in total. The second-order valence-electron chi connectivity index (χ2n) is 5.94. The second kappa shape index (κ2) is 3.35. The zero-order valence-corrected chi connectivity index (χ0v) is 10.1. The van der Waals surface area contributed by atoms with Crippen LogP contribution in [0.4, 0.5) is 0 Å². The van der Waals surface area contributed by atoms with Crippen molar-refractivity contribution in [1.82, 2.24) is 0 Å². The smallest absolute Gasteiger partial charge is 0.302 e. The molecule has 4 aliphatic carbocycles. The fourth-order valence-corrected chi connectivity index (χ4v) is 4.40. The van der Waals surface area contributed by atoms with Crippen molar-refractivity contribution in [2.24, 2.45) is 29.6 Å². The van der Waals surface area contributed by atoms with E-state index in [0.717, 1.165) is 17.8 Å². The molecule has 0 heterocycles. The summed E-state index contributed by atoms with van der Waals surface area (Å²) in [6, 6.07) is 0. The maximum atomic E-state index is 11.2. The molecule has 6 atom stereocenters. The minimum atomic E-state index is -0.127. The van der Waals surface area contributed by atoms with Gasteiger partial charge in [-0.1, -0.05) is 19.1 Å². The molecule has 4 aliphatic rings. The van der Waals surface area contributed by atoms with Crippen molar-refractivity contribution in [2.75, 3.05) is 0 Å². The van der Waals surface area contributed by atoms with E-state index < -0.39 is 0 Å². The Bertz CT molecular complexity index is 347. The zero-order valence-electron chi connectivity index (χ0n) is 10.1. The van der Waals surface area contributed by atoms with E-state index in [-0.39, 0.29) is 12.1 Å². The van der Waals surface area contributed by atoms with Crippen molar-refractivity contribution >= 4 is 5.97 Å². The van der Waals surface area contributed by atoms with Crippen LogP contribution in [0.2, 0.25) is 0 Å². The average molecular weight is 220 g/mol. The average Bonchev–Trinajstić information content (AvgIpc) is 2.20. The van der Waals surface area contributed by atoms with Crippen LogP contribution in [0.5, 0.6) is 0 Å². The third kappa shape index (κ3) is 1.28. The molecule has 0 radical (unpaired) electrons. The van der Waals surface area contributed by atoms with Crippen LogP contribution in [0.25, 0.3) is 0 Å². The first-order valence-electron chi connectivity index (χ1n) is 6.44. The third-order valence-electron chi connectivity index (χ3n) is 5.24. The van der Waals surface area contributed by atoms with Gasteiger partial charge in [-0.2, -0.15) is 0 Å². The minimum absolute atomic E-state index is 0.127. The molecular formula is C14H20O2. The molecule has 0 aromatic carbocycles. The van der Waals surface area contributed by atoms with Crippen molar-refractivity contribution in [2.45, 2.75) is 39.2 Å². The Hall–Kier alpha value is -0.790. The Morgan fingerprint density at radius 3 is 2.81 bits per heavy atom. The number of carbonyl (C=O) groups is 1. The van der Waals surface area contributed by atoms with Gasteiger partial charge in [-0.3, -0.25) is 4.79 Å². The summed E-state index contributed by atoms with van der Waals surface area (Å²) in [5.41, 5.74) is 1.37. The molecule has 4 fully saturated rings. The van der Waals surface area contributed by atoms with Gasteiger partial charge in [0.2, 0.25) is 0 Å². The first-order chi connectivity index (χ1) is 7.58. The van der Waals surface area contributed by atoms with E-state index in [9.17, 15) is 4.79 Å². The van der Waals surface area contributed by atoms with E-state index in [1.807, 2.05) is 0 Å². The van der Waals surface area contributed by atoms with Crippen molar-refractivity contribution in [3.63, 3.8) is 0 Å². The maximum Gasteiger partial charge on any atom is 0.302 e. The van der Waals surface area contributed by atoms with Crippen molar-refractivity contribution in [1.29, 1.82) is 0 Å². The van der Waals surface area contributed by atoms with Gasteiger partial charge >= 0.3 is 5.97 Å². The van der Waals surface area contributed by atoms with Gasteiger partial charge in [0, 0.05) is 12.8 Å². The molecule has 0 N–H and O–H groups in total. The van der Waals surface area contributed by atoms with E-state index in [4.69, 9.17) is 4.74 Å². The van der Waals surface area contributed by atoms with Gasteiger partial charge in [-0.25, -0.2) is 0 Å². The van der Waals surface area contributed by atoms with Crippen LogP contribution in [0.3, 0.4) is 0 Å². The molecule has 16 heavy (non-hydrogen) atoms. The minimum Gasteiger partial charge on any atom is -0.462 e. The van der Waals surface area contributed by atoms with Gasteiger partial charge in [-0.15, -0.1) is 0 Å². The van der Waals surface area contributed by atoms with Crippen LogP contribution >= 0.6 is 0 Å². The summed E-state index contributed by atoms with van der Waals surface area (Å²) in [5, 5.41) is 0. The number of ether oxygens (including phenoxy) is 1. The summed E-state index contributed by atoms with van der Waals surface area (Å²) in [6.45, 7) is 8.11. The number of hydrogen-bond donors (Lipinski definition) is 0. The molecule has 0 spiro atoms. The summed E-state index contributed by atoms with van der Waals surface area (Å²) in [5.74, 6) is 3.23. The summed E-state index contributed by atoms with van der Waals surface area (Å²) < 4.78 is 5.57. The number of carbonyl (C=O) groups excluding carboxylic acids is 1. The van der Waals surface area contributed by atoms with Gasteiger partial charge in [0.15, 0.2) is 0 Å². The van der Waals surface area contributed by atoms with E-state index in [2.05, 4.69) is 13.5 Å². The second-order valence-corrected chi connectivity index (χ2v) is 5.94. The van der Waals surface area contributed by atoms with Crippen LogP contribution in [-0.4, -0.2) is 12.1 Å². The molecule has 0 aliphatic heterocycles. The van der Waals surface area contributed by atoms with Gasteiger partial charge in [0.05, 0.1) is 0 Å². The number of hydrogen-bond acceptors (Lipinski definition) is 2. The highest BCUT2D eigenvalue weighted by molar-refractivity contribution is 5.66. The summed E-state index contributed by atoms with van der Waals surface area (Å²) in [7, 11) is 0. The molecule has 0 saturated heterocycles. The normalized spacial score (nSPS) is 49.5. The molecule has 4 bridgehead atoms. The molecule has 0 amide bonds. The standard InChI is InChI=1S/C14H20O2/c1-7-10-4-11-6-12(7)14(16-9(3)15)13(5-10)8(11)2/h8,10-14H,1,4-6H2,2-3H3. The highest BCUT2D eigenvalue weighted by atomic mass is 16.5. The molecule has 4 rings (SSSR count). The monoisotopic (exact) mass is 220 g/mol. The van der Waals surface area contributed by atoms with Crippen molar-refractivity contribution in [3.8, 4) is 0 Å². The van der Waals surface area contributed by atoms with Crippen LogP contribution in [-0.2, 0) is 9.53 Å². The summed E-state index contributed by atoms with van der Waals surface area (Å²) >= 11 is 0. The highest BCUT2D eigenvalue weighted by Crippen LogP contribution is 2.59. The largest absolute Gasteiger partial charge is 0.462 e. The third-order valence-corrected chi connectivity index (χ3v) is 5.24. The van der Waals surface area contributed by atoms with E-state index in [0.29, 0.717) is 11.8 Å². The number of rotatable bonds is 1. The van der Waals surface area contributed by atoms with Crippen LogP contribution in [0, 0.1) is 29.6 Å². The van der Waals surface area contributed by atoms with Crippen molar-refractivity contribution in [3.05, 3.63) is 12.2 Å². The lowest BCUT2D eigenvalue weighted by atomic mass is 9.49. The zero-order chi connectivity index (χ0) is 11.4. The lowest BCUT2D eigenvalue weighted by Gasteiger charge is -2.57. The molecule has 6 unspecified atom stereocenters. The summed E-state index contributed by atoms with van der Waals surface area (Å²) in [6.07, 6.45) is 3.86. The summed E-state index contributed by atoms with van der Waals surface area (Å²) in [4.78, 5) is 11.2. The van der Waals surface area contributed by atoms with Crippen LogP contribution in [0.1, 0.15) is 33.1 Å². The Labute approximate surface area is 97.1 Å². The van der Waals surface area contributed by atoms with Crippen LogP contribution in [0.15, 0.2) is 12.2 Å². The first kappa shape index (κ1) is 10.4. The van der Waals surface area contributed by atoms with E-state index in [1.165, 1.54) is 31.8 Å². The quantitative estimate of drug-likeness (QED) is 0.501. The van der Waals surface area contributed by atoms with Gasteiger partial charge in [0.25, 0.3) is 0 Å². The molecular weight excluding hydrogens is 200 g/mol. The molecule has 2 heteroatoms. The van der Waals surface area contributed by atoms with Gasteiger partial charge in [-0.05, 0) is 42.9 Å². The lowest BCUT2D eigenvalue weighted by molar-refractivity contribution is -0.167. The fraction of sp³-hybridized carbons (Fsp3) is 0.786. The Morgan fingerprint density at radius 2 is 2.12 bits per heavy atom. The topological polar surface area (TPSA) is 26.3 Å². The Morgan fingerprint density at radius 1 is 1.38 bits per heavy atom. The SMILES string of the molecule is C=C1C2CC3CC1C(OC(C)=O)C(C2)C3C. The molecule has 0 aromatic heterocycles. The molecule has 88 valence electrons. The van der Waals surface area contributed by atoms with Gasteiger partial charge in [0.1, 0.15) is 6.10 Å². The highest BCUT2D eigenvalue weighted by Gasteiger charge is 2.54. The lowest BCUT2D eigenvalue weighted by Crippen LogP contribution is -2.55. The van der Waals surface area contributed by atoms with E-state index >= 15 is 0 Å². The molecule has 0 aromatic rings. The van der Waals surface area contributed by atoms with E-state index in [1.54, 1.807) is 0 Å². The van der Waals surface area contributed by atoms with Crippen LogP contribution < -0.4 is 0 Å². The number of esters is 1. The Balaban J connectivity index is 1.90. The first-order valence-corrected chi connectivity index (χ1v) is 6.44. The van der Waals surface area contributed by atoms with Crippen molar-refractivity contribution < 1.29 is 9.53 Å². The predicted octanol–water partition coefficient (Wildman–Crippen LogP) is 2.79.